The van der Waals surface area contributed by atoms with Crippen LogP contribution in [0.15, 0.2) is 0 Å². The molecule has 0 saturated carbocycles. The summed E-state index contributed by atoms with van der Waals surface area (Å²) in [5.41, 5.74) is -0.390. The van der Waals surface area contributed by atoms with Gasteiger partial charge in [-0.2, -0.15) is 0 Å². The van der Waals surface area contributed by atoms with E-state index in [0.717, 1.165) is 6.54 Å². The highest BCUT2D eigenvalue weighted by molar-refractivity contribution is 5.76. The number of rotatable bonds is 6. The third-order valence-electron chi connectivity index (χ3n) is 2.80. The van der Waals surface area contributed by atoms with Crippen molar-refractivity contribution in [1.82, 2.24) is 14.7 Å². The van der Waals surface area contributed by atoms with E-state index in [-0.39, 0.29) is 24.5 Å². The predicted octanol–water partition coefficient (Wildman–Crippen LogP) is 1.17. The van der Waals surface area contributed by atoms with Gasteiger partial charge in [0.05, 0.1) is 6.42 Å². The molecule has 6 heteroatoms. The lowest BCUT2D eigenvalue weighted by atomic mass is 10.1. The van der Waals surface area contributed by atoms with Crippen molar-refractivity contribution in [2.45, 2.75) is 32.7 Å². The third kappa shape index (κ3) is 7.00. The van der Waals surface area contributed by atoms with Crippen LogP contribution in [0.4, 0.5) is 4.79 Å². The van der Waals surface area contributed by atoms with Crippen LogP contribution in [0.3, 0.4) is 0 Å². The first-order chi connectivity index (χ1) is 8.55. The molecule has 0 heterocycles. The van der Waals surface area contributed by atoms with Crippen molar-refractivity contribution >= 4 is 12.0 Å². The summed E-state index contributed by atoms with van der Waals surface area (Å²) >= 11 is 0. The van der Waals surface area contributed by atoms with Gasteiger partial charge in [0.25, 0.3) is 0 Å². The third-order valence-corrected chi connectivity index (χ3v) is 2.80. The van der Waals surface area contributed by atoms with Crippen molar-refractivity contribution in [3.05, 3.63) is 0 Å². The van der Waals surface area contributed by atoms with Crippen molar-refractivity contribution in [3.63, 3.8) is 0 Å². The van der Waals surface area contributed by atoms with Crippen molar-refractivity contribution in [1.29, 1.82) is 0 Å². The molecule has 112 valence electrons. The molecule has 0 aliphatic rings. The molecule has 0 aliphatic heterocycles. The Hall–Kier alpha value is -1.30. The number of carboxylic acids is 1. The minimum absolute atomic E-state index is 0.0372. The Balaban J connectivity index is 4.66. The second-order valence-electron chi connectivity index (χ2n) is 5.97. The van der Waals surface area contributed by atoms with E-state index in [2.05, 4.69) is 0 Å². The van der Waals surface area contributed by atoms with Crippen LogP contribution in [0, 0.1) is 0 Å². The van der Waals surface area contributed by atoms with Crippen molar-refractivity contribution in [2.75, 3.05) is 40.8 Å². The minimum Gasteiger partial charge on any atom is -0.481 e. The number of hydrogen-bond acceptors (Lipinski definition) is 3. The van der Waals surface area contributed by atoms with Gasteiger partial charge in [-0.25, -0.2) is 4.79 Å². The minimum atomic E-state index is -0.891. The van der Waals surface area contributed by atoms with Crippen LogP contribution in [0.1, 0.15) is 27.2 Å². The van der Waals surface area contributed by atoms with Gasteiger partial charge < -0.3 is 19.8 Å². The summed E-state index contributed by atoms with van der Waals surface area (Å²) in [6.45, 7) is 7.35. The zero-order valence-corrected chi connectivity index (χ0v) is 12.9. The zero-order chi connectivity index (χ0) is 15.2. The average molecular weight is 273 g/mol. The Labute approximate surface area is 116 Å². The van der Waals surface area contributed by atoms with Gasteiger partial charge in [-0.3, -0.25) is 4.79 Å². The van der Waals surface area contributed by atoms with E-state index in [9.17, 15) is 9.59 Å². The van der Waals surface area contributed by atoms with Crippen LogP contribution in [0.5, 0.6) is 0 Å². The molecule has 0 radical (unpaired) electrons. The van der Waals surface area contributed by atoms with E-state index >= 15 is 0 Å². The fourth-order valence-electron chi connectivity index (χ4n) is 1.58. The van der Waals surface area contributed by atoms with Crippen molar-refractivity contribution < 1.29 is 14.7 Å². The number of urea groups is 1. The number of carboxylic acid groups (broad SMARTS) is 1. The van der Waals surface area contributed by atoms with Gasteiger partial charge >= 0.3 is 12.0 Å². The largest absolute Gasteiger partial charge is 0.481 e. The number of likely N-dealkylation sites (N-methyl/N-ethyl adjacent to an activating group) is 2. The smallest absolute Gasteiger partial charge is 0.320 e. The highest BCUT2D eigenvalue weighted by Gasteiger charge is 2.28. The number of carbonyl (C=O) groups is 2. The second-order valence-corrected chi connectivity index (χ2v) is 5.97. The first-order valence-electron chi connectivity index (χ1n) is 6.45. The molecule has 0 spiro atoms. The molecular weight excluding hydrogens is 246 g/mol. The Morgan fingerprint density at radius 3 is 1.89 bits per heavy atom. The van der Waals surface area contributed by atoms with Crippen molar-refractivity contribution in [3.8, 4) is 0 Å². The molecule has 0 fully saturated rings. The summed E-state index contributed by atoms with van der Waals surface area (Å²) < 4.78 is 0. The Morgan fingerprint density at radius 1 is 1.00 bits per heavy atom. The number of hydrogen-bond donors (Lipinski definition) is 1. The molecule has 0 rings (SSSR count). The van der Waals surface area contributed by atoms with Crippen LogP contribution < -0.4 is 0 Å². The summed E-state index contributed by atoms with van der Waals surface area (Å²) in [5, 5.41) is 8.77. The molecule has 0 aromatic rings. The quantitative estimate of drug-likeness (QED) is 0.789. The van der Waals surface area contributed by atoms with Gasteiger partial charge in [0.15, 0.2) is 0 Å². The fraction of sp³-hybridized carbons (Fsp3) is 0.846. The van der Waals surface area contributed by atoms with Crippen LogP contribution in [-0.4, -0.2) is 78.1 Å². The predicted molar refractivity (Wildman–Crippen MR) is 75.3 cm³/mol. The van der Waals surface area contributed by atoms with Gasteiger partial charge in [0, 0.05) is 32.2 Å². The first-order valence-corrected chi connectivity index (χ1v) is 6.45. The van der Waals surface area contributed by atoms with E-state index in [0.29, 0.717) is 6.54 Å². The highest BCUT2D eigenvalue weighted by Crippen LogP contribution is 2.16. The molecule has 0 aromatic heterocycles. The van der Waals surface area contributed by atoms with Crippen LogP contribution in [0.25, 0.3) is 0 Å². The van der Waals surface area contributed by atoms with E-state index in [1.54, 1.807) is 16.8 Å². The molecule has 0 unspecified atom stereocenters. The molecule has 1 N–H and O–H groups in total. The number of aliphatic carboxylic acids is 1. The Bertz CT molecular complexity index is 311. The molecule has 0 aromatic carbocycles. The standard InChI is InChI=1S/C13H27N3O3/c1-13(2,3)16(8-7-11(17)18)12(19)15(6)10-9-14(4)5/h7-10H2,1-6H3,(H,17,18). The van der Waals surface area contributed by atoms with Gasteiger partial charge in [-0.1, -0.05) is 0 Å². The molecule has 6 nitrogen and oxygen atoms in total. The first kappa shape index (κ1) is 17.7. The molecule has 0 saturated heterocycles. The lowest BCUT2D eigenvalue weighted by molar-refractivity contribution is -0.137. The molecular formula is C13H27N3O3. The van der Waals surface area contributed by atoms with Crippen molar-refractivity contribution in [2.24, 2.45) is 0 Å². The molecule has 19 heavy (non-hydrogen) atoms. The maximum Gasteiger partial charge on any atom is 0.320 e. The molecule has 0 bridgehead atoms. The topological polar surface area (TPSA) is 64.1 Å². The Morgan fingerprint density at radius 2 is 1.53 bits per heavy atom. The molecule has 0 aliphatic carbocycles. The normalized spacial score (nSPS) is 11.5. The van der Waals surface area contributed by atoms with Gasteiger partial charge in [0.1, 0.15) is 0 Å². The fourth-order valence-corrected chi connectivity index (χ4v) is 1.58. The van der Waals surface area contributed by atoms with Crippen LogP contribution >= 0.6 is 0 Å². The van der Waals surface area contributed by atoms with Gasteiger partial charge in [-0.15, -0.1) is 0 Å². The summed E-state index contributed by atoms with van der Waals surface area (Å²) in [7, 11) is 5.64. The summed E-state index contributed by atoms with van der Waals surface area (Å²) in [5.74, 6) is -0.891. The van der Waals surface area contributed by atoms with E-state index in [4.69, 9.17) is 5.11 Å². The lowest BCUT2D eigenvalue weighted by Gasteiger charge is -2.38. The van der Waals surface area contributed by atoms with Crippen LogP contribution in [-0.2, 0) is 4.79 Å². The number of amides is 2. The Kier molecular flexibility index (Phi) is 6.83. The van der Waals surface area contributed by atoms with Crippen LogP contribution in [0.2, 0.25) is 0 Å². The monoisotopic (exact) mass is 273 g/mol. The highest BCUT2D eigenvalue weighted by atomic mass is 16.4. The molecule has 0 atom stereocenters. The summed E-state index contributed by atoms with van der Waals surface area (Å²) in [6, 6.07) is -0.129. The van der Waals surface area contributed by atoms with Gasteiger partial charge in [0.2, 0.25) is 0 Å². The lowest BCUT2D eigenvalue weighted by Crippen LogP contribution is -2.52. The SMILES string of the molecule is CN(C)CCN(C)C(=O)N(CCC(=O)O)C(C)(C)C. The van der Waals surface area contributed by atoms with E-state index in [1.165, 1.54) is 0 Å². The summed E-state index contributed by atoms with van der Waals surface area (Å²) in [4.78, 5) is 28.3. The second kappa shape index (κ2) is 7.33. The van der Waals surface area contributed by atoms with E-state index in [1.807, 2.05) is 39.8 Å². The van der Waals surface area contributed by atoms with E-state index < -0.39 is 5.97 Å². The maximum atomic E-state index is 12.4. The zero-order valence-electron chi connectivity index (χ0n) is 12.9. The number of carbonyl (C=O) groups excluding carboxylic acids is 1. The molecule has 2 amide bonds. The average Bonchev–Trinajstić information content (AvgIpc) is 2.23. The summed E-state index contributed by atoms with van der Waals surface area (Å²) in [6.07, 6.45) is -0.0372. The maximum absolute atomic E-state index is 12.4. The van der Waals surface area contributed by atoms with Gasteiger partial charge in [-0.05, 0) is 34.9 Å². The number of nitrogens with zero attached hydrogens (tertiary/aromatic N) is 3.